The lowest BCUT2D eigenvalue weighted by molar-refractivity contribution is -0.138. The zero-order chi connectivity index (χ0) is 15.5. The van der Waals surface area contributed by atoms with Crippen LogP contribution in [0.3, 0.4) is 0 Å². The Kier molecular flexibility index (Phi) is 5.66. The van der Waals surface area contributed by atoms with Gasteiger partial charge in [-0.3, -0.25) is 4.79 Å². The van der Waals surface area contributed by atoms with Crippen LogP contribution in [0.1, 0.15) is 51.9 Å². The molecule has 21 heavy (non-hydrogen) atoms. The van der Waals surface area contributed by atoms with Gasteiger partial charge in [-0.25, -0.2) is 8.42 Å². The Bertz CT molecular complexity index is 456. The summed E-state index contributed by atoms with van der Waals surface area (Å²) < 4.78 is 23.4. The minimum absolute atomic E-state index is 0.0463. The summed E-state index contributed by atoms with van der Waals surface area (Å²) in [5, 5.41) is 0. The van der Waals surface area contributed by atoms with Crippen LogP contribution in [0, 0.1) is 5.92 Å². The smallest absolute Gasteiger partial charge is 0.225 e. The van der Waals surface area contributed by atoms with Crippen LogP contribution in [-0.4, -0.2) is 49.4 Å². The largest absolute Gasteiger partial charge is 0.338 e. The van der Waals surface area contributed by atoms with Gasteiger partial charge in [-0.1, -0.05) is 13.3 Å². The Hall–Kier alpha value is -0.620. The highest BCUT2D eigenvalue weighted by Crippen LogP contribution is 2.28. The Balaban J connectivity index is 2.03. The molecule has 2 N–H and O–H groups in total. The Morgan fingerprint density at radius 2 is 1.86 bits per heavy atom. The van der Waals surface area contributed by atoms with E-state index in [0.29, 0.717) is 13.0 Å². The van der Waals surface area contributed by atoms with E-state index in [4.69, 9.17) is 5.73 Å². The van der Waals surface area contributed by atoms with Gasteiger partial charge in [0.05, 0.1) is 11.5 Å². The molecule has 1 unspecified atom stereocenters. The number of amides is 1. The molecule has 2 fully saturated rings. The summed E-state index contributed by atoms with van der Waals surface area (Å²) >= 11 is 0. The number of carbonyl (C=O) groups is 1. The number of sulfone groups is 1. The standard InChI is InChI=1S/C15H28N2O3S/c1-2-3-9-17(14-8-10-21(19,20)11-14)15(18)12-4-6-13(16)7-5-12/h12-14H,2-11,16H2,1H3. The molecule has 0 aromatic carbocycles. The fraction of sp³-hybridized carbons (Fsp3) is 0.933. The molecule has 0 aromatic heterocycles. The average molecular weight is 316 g/mol. The van der Waals surface area contributed by atoms with E-state index >= 15 is 0 Å². The average Bonchev–Trinajstić information content (AvgIpc) is 2.80. The van der Waals surface area contributed by atoms with Gasteiger partial charge < -0.3 is 10.6 Å². The quantitative estimate of drug-likeness (QED) is 0.829. The van der Waals surface area contributed by atoms with E-state index in [-0.39, 0.29) is 35.4 Å². The number of hydrogen-bond donors (Lipinski definition) is 1. The normalized spacial score (nSPS) is 32.0. The molecule has 0 radical (unpaired) electrons. The van der Waals surface area contributed by atoms with Crippen molar-refractivity contribution in [3.8, 4) is 0 Å². The van der Waals surface area contributed by atoms with E-state index in [0.717, 1.165) is 38.5 Å². The fourth-order valence-corrected chi connectivity index (χ4v) is 5.15. The molecule has 1 heterocycles. The first-order chi connectivity index (χ1) is 9.93. The first kappa shape index (κ1) is 16.7. The van der Waals surface area contributed by atoms with Crippen molar-refractivity contribution in [3.63, 3.8) is 0 Å². The van der Waals surface area contributed by atoms with Crippen LogP contribution in [0.2, 0.25) is 0 Å². The van der Waals surface area contributed by atoms with Gasteiger partial charge in [0.25, 0.3) is 0 Å². The molecule has 0 bridgehead atoms. The molecule has 5 nitrogen and oxygen atoms in total. The van der Waals surface area contributed by atoms with Crippen molar-refractivity contribution in [2.45, 2.75) is 64.0 Å². The fourth-order valence-electron chi connectivity index (χ4n) is 3.42. The minimum Gasteiger partial charge on any atom is -0.338 e. The molecule has 2 aliphatic rings. The van der Waals surface area contributed by atoms with Gasteiger partial charge in [0.2, 0.25) is 5.91 Å². The molecule has 1 aliphatic carbocycles. The highest BCUT2D eigenvalue weighted by molar-refractivity contribution is 7.91. The Morgan fingerprint density at radius 1 is 1.19 bits per heavy atom. The van der Waals surface area contributed by atoms with E-state index in [1.54, 1.807) is 0 Å². The molecule has 1 saturated carbocycles. The molecule has 0 spiro atoms. The predicted molar refractivity (Wildman–Crippen MR) is 83.6 cm³/mol. The van der Waals surface area contributed by atoms with Crippen molar-refractivity contribution >= 4 is 15.7 Å². The molecule has 1 atom stereocenters. The van der Waals surface area contributed by atoms with Crippen molar-refractivity contribution in [2.75, 3.05) is 18.1 Å². The molecule has 6 heteroatoms. The molecular weight excluding hydrogens is 288 g/mol. The number of unbranched alkanes of at least 4 members (excludes halogenated alkanes) is 1. The van der Waals surface area contributed by atoms with Gasteiger partial charge >= 0.3 is 0 Å². The first-order valence-electron chi connectivity index (χ1n) is 8.19. The highest BCUT2D eigenvalue weighted by Gasteiger charge is 2.37. The molecule has 1 saturated heterocycles. The van der Waals surface area contributed by atoms with Crippen LogP contribution in [0.15, 0.2) is 0 Å². The van der Waals surface area contributed by atoms with Gasteiger partial charge in [0.1, 0.15) is 0 Å². The highest BCUT2D eigenvalue weighted by atomic mass is 32.2. The van der Waals surface area contributed by atoms with Crippen molar-refractivity contribution < 1.29 is 13.2 Å². The predicted octanol–water partition coefficient (Wildman–Crippen LogP) is 1.32. The Morgan fingerprint density at radius 3 is 2.38 bits per heavy atom. The number of nitrogens with zero attached hydrogens (tertiary/aromatic N) is 1. The van der Waals surface area contributed by atoms with Crippen molar-refractivity contribution in [1.82, 2.24) is 4.90 Å². The Labute approximate surface area is 128 Å². The molecule has 1 amide bonds. The molecule has 122 valence electrons. The van der Waals surface area contributed by atoms with Gasteiger partial charge in [-0.15, -0.1) is 0 Å². The molecule has 1 aliphatic heterocycles. The minimum atomic E-state index is -2.95. The lowest BCUT2D eigenvalue weighted by Crippen LogP contribution is -2.46. The van der Waals surface area contributed by atoms with E-state index in [1.807, 2.05) is 4.90 Å². The molecular formula is C15H28N2O3S. The van der Waals surface area contributed by atoms with Crippen LogP contribution < -0.4 is 5.73 Å². The summed E-state index contributed by atoms with van der Waals surface area (Å²) in [6, 6.07) is 0.120. The third-order valence-corrected chi connectivity index (χ3v) is 6.56. The summed E-state index contributed by atoms with van der Waals surface area (Å²) in [5.74, 6) is 0.583. The third kappa shape index (κ3) is 4.42. The summed E-state index contributed by atoms with van der Waals surface area (Å²) in [6.07, 6.45) is 6.06. The van der Waals surface area contributed by atoms with Crippen LogP contribution in [-0.2, 0) is 14.6 Å². The maximum atomic E-state index is 12.8. The van der Waals surface area contributed by atoms with Gasteiger partial charge in [0, 0.05) is 24.5 Å². The van der Waals surface area contributed by atoms with Crippen molar-refractivity contribution in [3.05, 3.63) is 0 Å². The van der Waals surface area contributed by atoms with E-state index < -0.39 is 9.84 Å². The zero-order valence-electron chi connectivity index (χ0n) is 13.0. The van der Waals surface area contributed by atoms with E-state index in [9.17, 15) is 13.2 Å². The summed E-state index contributed by atoms with van der Waals surface area (Å²) in [4.78, 5) is 14.7. The molecule has 0 aromatic rings. The zero-order valence-corrected chi connectivity index (χ0v) is 13.8. The van der Waals surface area contributed by atoms with Crippen LogP contribution in [0.25, 0.3) is 0 Å². The topological polar surface area (TPSA) is 80.5 Å². The number of rotatable bonds is 5. The second-order valence-corrected chi connectivity index (χ2v) is 8.78. The summed E-state index contributed by atoms with van der Waals surface area (Å²) in [5.41, 5.74) is 5.91. The second-order valence-electron chi connectivity index (χ2n) is 6.55. The van der Waals surface area contributed by atoms with Crippen molar-refractivity contribution in [1.29, 1.82) is 0 Å². The van der Waals surface area contributed by atoms with E-state index in [2.05, 4.69) is 6.92 Å². The van der Waals surface area contributed by atoms with Crippen LogP contribution >= 0.6 is 0 Å². The summed E-state index contributed by atoms with van der Waals surface area (Å²) in [6.45, 7) is 2.78. The van der Waals surface area contributed by atoms with Crippen LogP contribution in [0.5, 0.6) is 0 Å². The van der Waals surface area contributed by atoms with E-state index in [1.165, 1.54) is 0 Å². The van der Waals surface area contributed by atoms with Gasteiger partial charge in [0.15, 0.2) is 9.84 Å². The monoisotopic (exact) mass is 316 g/mol. The van der Waals surface area contributed by atoms with Gasteiger partial charge in [-0.05, 0) is 38.5 Å². The number of hydrogen-bond acceptors (Lipinski definition) is 4. The molecule has 2 rings (SSSR count). The number of carbonyl (C=O) groups excluding carboxylic acids is 1. The summed E-state index contributed by atoms with van der Waals surface area (Å²) in [7, 11) is -2.95. The lowest BCUT2D eigenvalue weighted by atomic mass is 9.85. The van der Waals surface area contributed by atoms with Gasteiger partial charge in [-0.2, -0.15) is 0 Å². The SMILES string of the molecule is CCCCN(C(=O)C1CCC(N)CC1)C1CCS(=O)(=O)C1. The maximum Gasteiger partial charge on any atom is 0.225 e. The maximum absolute atomic E-state index is 12.8. The van der Waals surface area contributed by atoms with Crippen molar-refractivity contribution in [2.24, 2.45) is 11.7 Å². The lowest BCUT2D eigenvalue weighted by Gasteiger charge is -2.34. The first-order valence-corrected chi connectivity index (χ1v) is 10.0. The van der Waals surface area contributed by atoms with Crippen LogP contribution in [0.4, 0.5) is 0 Å². The third-order valence-electron chi connectivity index (χ3n) is 4.81. The number of nitrogens with two attached hydrogens (primary N) is 1. The second kappa shape index (κ2) is 7.09.